The molecular weight excluding hydrogens is 426 g/mol. The number of nitrogens with one attached hydrogen (secondary N) is 1. The molecule has 2 fully saturated rings. The number of nitrogen functional groups attached to an aromatic ring is 1. The highest BCUT2D eigenvalue weighted by Gasteiger charge is 2.56. The molecule has 4 atom stereocenters. The van der Waals surface area contributed by atoms with Crippen LogP contribution in [0.2, 0.25) is 0 Å². The normalized spacial score (nSPS) is 26.1. The first-order valence-corrected chi connectivity index (χ1v) is 10.7. The van der Waals surface area contributed by atoms with Crippen molar-refractivity contribution in [2.45, 2.75) is 44.2 Å². The van der Waals surface area contributed by atoms with Gasteiger partial charge in [0.05, 0.1) is 17.2 Å². The topological polar surface area (TPSA) is 127 Å². The summed E-state index contributed by atoms with van der Waals surface area (Å²) in [6, 6.07) is 11.1. The molecule has 33 heavy (non-hydrogen) atoms. The zero-order chi connectivity index (χ0) is 22.7. The van der Waals surface area contributed by atoms with Crippen LogP contribution in [0.4, 0.5) is 5.82 Å². The molecule has 4 aromatic rings. The van der Waals surface area contributed by atoms with Crippen LogP contribution in [0.3, 0.4) is 0 Å². The van der Waals surface area contributed by atoms with Crippen molar-refractivity contribution < 1.29 is 18.9 Å². The summed E-state index contributed by atoms with van der Waals surface area (Å²) in [4.78, 5) is 23.4. The van der Waals surface area contributed by atoms with Gasteiger partial charge in [-0.3, -0.25) is 4.79 Å². The van der Waals surface area contributed by atoms with E-state index in [2.05, 4.69) is 15.0 Å². The second kappa shape index (κ2) is 7.27. The Labute approximate surface area is 188 Å². The molecule has 3 N–H and O–H groups in total. The minimum atomic E-state index is -0.770. The highest BCUT2D eigenvalue weighted by Crippen LogP contribution is 2.43. The smallest absolute Gasteiger partial charge is 0.260 e. The molecule has 3 aromatic heterocycles. The maximum Gasteiger partial charge on any atom is 0.260 e. The van der Waals surface area contributed by atoms with Gasteiger partial charge in [0, 0.05) is 17.6 Å². The Kier molecular flexibility index (Phi) is 4.44. The Morgan fingerprint density at radius 2 is 2.00 bits per heavy atom. The van der Waals surface area contributed by atoms with Gasteiger partial charge in [-0.25, -0.2) is 9.97 Å². The summed E-state index contributed by atoms with van der Waals surface area (Å²) < 4.78 is 26.6. The third-order valence-electron chi connectivity index (χ3n) is 6.01. The summed E-state index contributed by atoms with van der Waals surface area (Å²) in [5.74, 6) is 0.338. The van der Waals surface area contributed by atoms with E-state index in [0.717, 1.165) is 10.9 Å². The molecule has 6 rings (SSSR count). The second-order valence-electron chi connectivity index (χ2n) is 8.72. The van der Waals surface area contributed by atoms with E-state index in [1.54, 1.807) is 18.3 Å². The minimum Gasteiger partial charge on any atom is -0.491 e. The van der Waals surface area contributed by atoms with Crippen molar-refractivity contribution in [3.63, 3.8) is 0 Å². The lowest BCUT2D eigenvalue weighted by Gasteiger charge is -2.25. The number of nitrogens with two attached hydrogens (primary N) is 1. The van der Waals surface area contributed by atoms with Gasteiger partial charge < -0.3 is 34.2 Å². The molecule has 0 bridgehead atoms. The summed E-state index contributed by atoms with van der Waals surface area (Å²) in [6.45, 7) is 3.99. The van der Waals surface area contributed by atoms with Crippen LogP contribution in [-0.2, 0) is 14.2 Å². The summed E-state index contributed by atoms with van der Waals surface area (Å²) in [5, 5.41) is 1.46. The summed E-state index contributed by atoms with van der Waals surface area (Å²) in [7, 11) is 0. The standard InChI is InChI=1S/C23H23N5O5/c1-23(2)32-18-16(10-30-13-5-3-12-4-6-17(24)27-15(12)9-13)31-22(19(18)33-23)28-8-7-14-20(28)25-11-26-21(14)29/h3-9,11,16,18-19,22H,10H2,1-2H3,(H2,24,27)(H,25,26,29)/t16-,18?,19+,22-/m1/s1. The number of benzene rings is 1. The monoisotopic (exact) mass is 449 g/mol. The van der Waals surface area contributed by atoms with E-state index in [1.165, 1.54) is 6.33 Å². The molecule has 2 aliphatic heterocycles. The molecule has 0 aliphatic carbocycles. The van der Waals surface area contributed by atoms with Crippen LogP contribution in [0.5, 0.6) is 5.75 Å². The molecule has 0 amide bonds. The number of hydrogen-bond donors (Lipinski definition) is 2. The fourth-order valence-electron chi connectivity index (χ4n) is 4.59. The van der Waals surface area contributed by atoms with Crippen molar-refractivity contribution in [1.82, 2.24) is 19.5 Å². The minimum absolute atomic E-state index is 0.206. The van der Waals surface area contributed by atoms with E-state index in [4.69, 9.17) is 24.7 Å². The third kappa shape index (κ3) is 3.43. The van der Waals surface area contributed by atoms with E-state index < -0.39 is 18.1 Å². The van der Waals surface area contributed by atoms with Gasteiger partial charge in [0.25, 0.3) is 5.56 Å². The van der Waals surface area contributed by atoms with Crippen molar-refractivity contribution in [2.75, 3.05) is 12.3 Å². The Bertz CT molecular complexity index is 1410. The molecule has 10 nitrogen and oxygen atoms in total. The van der Waals surface area contributed by atoms with Gasteiger partial charge in [-0.15, -0.1) is 0 Å². The van der Waals surface area contributed by atoms with Crippen LogP contribution in [0, 0.1) is 0 Å². The van der Waals surface area contributed by atoms with Gasteiger partial charge in [0.2, 0.25) is 0 Å². The predicted molar refractivity (Wildman–Crippen MR) is 120 cm³/mol. The summed E-state index contributed by atoms with van der Waals surface area (Å²) in [6.07, 6.45) is 1.51. The Morgan fingerprint density at radius 3 is 2.88 bits per heavy atom. The highest BCUT2D eigenvalue weighted by molar-refractivity contribution is 5.81. The Hall–Kier alpha value is -3.47. The highest BCUT2D eigenvalue weighted by atomic mass is 16.8. The number of aromatic nitrogens is 4. The number of H-pyrrole nitrogens is 1. The largest absolute Gasteiger partial charge is 0.491 e. The lowest BCUT2D eigenvalue weighted by Crippen LogP contribution is -2.33. The first-order chi connectivity index (χ1) is 15.9. The van der Waals surface area contributed by atoms with Gasteiger partial charge in [0.15, 0.2) is 12.0 Å². The van der Waals surface area contributed by atoms with Gasteiger partial charge in [-0.05, 0) is 44.2 Å². The quantitative estimate of drug-likeness (QED) is 0.486. The van der Waals surface area contributed by atoms with Crippen LogP contribution >= 0.6 is 0 Å². The number of hydrogen-bond acceptors (Lipinski definition) is 8. The van der Waals surface area contributed by atoms with Gasteiger partial charge in [-0.1, -0.05) is 0 Å². The zero-order valence-corrected chi connectivity index (χ0v) is 18.1. The summed E-state index contributed by atoms with van der Waals surface area (Å²) >= 11 is 0. The van der Waals surface area contributed by atoms with E-state index in [9.17, 15) is 4.79 Å². The van der Waals surface area contributed by atoms with Gasteiger partial charge in [0.1, 0.15) is 42.1 Å². The number of aromatic amines is 1. The van der Waals surface area contributed by atoms with E-state index in [-0.39, 0.29) is 24.4 Å². The number of ether oxygens (including phenoxy) is 4. The van der Waals surface area contributed by atoms with Crippen molar-refractivity contribution in [2.24, 2.45) is 0 Å². The van der Waals surface area contributed by atoms with Gasteiger partial charge in [-0.2, -0.15) is 0 Å². The maximum absolute atomic E-state index is 12.1. The fourth-order valence-corrected chi connectivity index (χ4v) is 4.59. The molecule has 0 radical (unpaired) electrons. The molecule has 1 aromatic carbocycles. The van der Waals surface area contributed by atoms with Crippen molar-refractivity contribution in [3.05, 3.63) is 59.3 Å². The average Bonchev–Trinajstić information content (AvgIpc) is 3.43. The lowest BCUT2D eigenvalue weighted by atomic mass is 10.1. The summed E-state index contributed by atoms with van der Waals surface area (Å²) in [5.41, 5.74) is 6.89. The van der Waals surface area contributed by atoms with Crippen LogP contribution in [-0.4, -0.2) is 50.2 Å². The molecule has 170 valence electrons. The SMILES string of the molecule is CC1(C)OC2[C@@H](COc3ccc4ccc(N)nc4c3)O[C@@H](n3ccc4c(=O)[nH]cnc43)[C@H]2O1. The number of pyridine rings is 1. The second-order valence-corrected chi connectivity index (χ2v) is 8.72. The molecule has 0 spiro atoms. The van der Waals surface area contributed by atoms with Gasteiger partial charge >= 0.3 is 0 Å². The number of anilines is 1. The molecule has 2 saturated heterocycles. The molecule has 0 saturated carbocycles. The Balaban J connectivity index is 1.28. The zero-order valence-electron chi connectivity index (χ0n) is 18.1. The van der Waals surface area contributed by atoms with Crippen molar-refractivity contribution >= 4 is 27.8 Å². The van der Waals surface area contributed by atoms with Crippen molar-refractivity contribution in [3.8, 4) is 5.75 Å². The van der Waals surface area contributed by atoms with E-state index in [1.807, 2.05) is 42.7 Å². The molecule has 5 heterocycles. The Morgan fingerprint density at radius 1 is 1.18 bits per heavy atom. The third-order valence-corrected chi connectivity index (χ3v) is 6.01. The molecular formula is C23H23N5O5. The average molecular weight is 449 g/mol. The fraction of sp³-hybridized carbons (Fsp3) is 0.348. The first kappa shape index (κ1) is 20.2. The van der Waals surface area contributed by atoms with Crippen LogP contribution < -0.4 is 16.0 Å². The van der Waals surface area contributed by atoms with Crippen LogP contribution in [0.25, 0.3) is 21.9 Å². The first-order valence-electron chi connectivity index (χ1n) is 10.7. The van der Waals surface area contributed by atoms with Crippen LogP contribution in [0.15, 0.2) is 53.7 Å². The number of nitrogens with zero attached hydrogens (tertiary/aromatic N) is 3. The van der Waals surface area contributed by atoms with E-state index >= 15 is 0 Å². The van der Waals surface area contributed by atoms with E-state index in [0.29, 0.717) is 22.6 Å². The van der Waals surface area contributed by atoms with Crippen LogP contribution in [0.1, 0.15) is 20.1 Å². The molecule has 1 unspecified atom stereocenters. The predicted octanol–water partition coefficient (Wildman–Crippen LogP) is 2.35. The number of rotatable bonds is 4. The molecule has 2 aliphatic rings. The molecule has 10 heteroatoms. The number of fused-ring (bicyclic) bond motifs is 3. The maximum atomic E-state index is 12.1. The van der Waals surface area contributed by atoms with Crippen molar-refractivity contribution in [1.29, 1.82) is 0 Å². The lowest BCUT2D eigenvalue weighted by molar-refractivity contribution is -0.198.